The van der Waals surface area contributed by atoms with Crippen molar-refractivity contribution in [3.05, 3.63) is 47.2 Å². The zero-order valence-electron chi connectivity index (χ0n) is 22.4. The van der Waals surface area contributed by atoms with Crippen LogP contribution in [0.1, 0.15) is 77.8 Å². The Bertz CT molecular complexity index is 1520. The third kappa shape index (κ3) is 5.98. The molecule has 3 amide bonds. The van der Waals surface area contributed by atoms with Gasteiger partial charge in [-0.3, -0.25) is 4.79 Å². The monoisotopic (exact) mass is 617 g/mol. The zero-order valence-corrected chi connectivity index (χ0v) is 22.4. The second-order valence-electron chi connectivity index (χ2n) is 11.5. The summed E-state index contributed by atoms with van der Waals surface area (Å²) >= 11 is 0. The molecule has 0 aromatic carbocycles. The minimum atomic E-state index is -4.59. The molecule has 43 heavy (non-hydrogen) atoms. The molecule has 17 heteroatoms. The number of carbonyl (C=O) groups excluding carboxylic acids is 2. The van der Waals surface area contributed by atoms with Crippen LogP contribution < -0.4 is 10.6 Å². The minimum Gasteiger partial charge on any atom is -0.364 e. The summed E-state index contributed by atoms with van der Waals surface area (Å²) in [5.74, 6) is -7.49. The van der Waals surface area contributed by atoms with Crippen molar-refractivity contribution in [3.63, 3.8) is 0 Å². The van der Waals surface area contributed by atoms with Crippen LogP contribution in [0.25, 0.3) is 5.65 Å². The average molecular weight is 618 g/mol. The van der Waals surface area contributed by atoms with Crippen LogP contribution in [-0.2, 0) is 6.54 Å². The van der Waals surface area contributed by atoms with Crippen LogP contribution in [-0.4, -0.2) is 67.2 Å². The number of carbonyl (C=O) groups is 2. The fourth-order valence-electron chi connectivity index (χ4n) is 5.91. The first-order valence-corrected chi connectivity index (χ1v) is 13.6. The van der Waals surface area contributed by atoms with Crippen LogP contribution in [0.2, 0.25) is 0 Å². The molecule has 3 fully saturated rings. The smallest absolute Gasteiger partial charge is 0.364 e. The lowest BCUT2D eigenvalue weighted by atomic mass is 9.78. The number of rotatable bonds is 7. The maximum absolute atomic E-state index is 14.0. The van der Waals surface area contributed by atoms with Gasteiger partial charge in [-0.25, -0.2) is 31.9 Å². The van der Waals surface area contributed by atoms with Crippen molar-refractivity contribution in [3.8, 4) is 0 Å². The average Bonchev–Trinajstić information content (AvgIpc) is 3.64. The lowest BCUT2D eigenvalue weighted by Crippen LogP contribution is -2.40. The summed E-state index contributed by atoms with van der Waals surface area (Å²) in [5.41, 5.74) is 1.00. The number of nitrogens with one attached hydrogen (secondary N) is 2. The van der Waals surface area contributed by atoms with Gasteiger partial charge in [-0.2, -0.15) is 18.3 Å². The van der Waals surface area contributed by atoms with Crippen molar-refractivity contribution >= 4 is 17.6 Å². The Morgan fingerprint density at radius 2 is 1.88 bits per heavy atom. The first-order chi connectivity index (χ1) is 20.2. The molecular weight excluding hydrogens is 591 g/mol. The molecule has 2 aliphatic carbocycles. The predicted octanol–water partition coefficient (Wildman–Crippen LogP) is 4.98. The molecule has 2 atom stereocenters. The number of alkyl halides is 7. The maximum atomic E-state index is 14.0. The number of halogens is 7. The van der Waals surface area contributed by atoms with Gasteiger partial charge < -0.3 is 20.1 Å². The quantitative estimate of drug-likeness (QED) is 0.361. The Hall–Kier alpha value is -3.92. The zero-order chi connectivity index (χ0) is 30.7. The highest BCUT2D eigenvalue weighted by atomic mass is 19.4. The summed E-state index contributed by atoms with van der Waals surface area (Å²) in [6.45, 7) is -0.741. The van der Waals surface area contributed by atoms with Crippen molar-refractivity contribution in [1.82, 2.24) is 35.3 Å². The third-order valence-electron chi connectivity index (χ3n) is 8.31. The van der Waals surface area contributed by atoms with Crippen molar-refractivity contribution in [2.24, 2.45) is 5.92 Å². The summed E-state index contributed by atoms with van der Waals surface area (Å²) in [4.78, 5) is 30.9. The van der Waals surface area contributed by atoms with E-state index in [9.17, 15) is 40.3 Å². The fourth-order valence-corrected chi connectivity index (χ4v) is 5.91. The fraction of sp³-hybridized carbons (Fsp3) is 0.577. The number of fused-ring (bicyclic) bond motifs is 1. The van der Waals surface area contributed by atoms with Gasteiger partial charge in [-0.15, -0.1) is 0 Å². The molecule has 3 aromatic rings. The molecule has 0 spiro atoms. The summed E-state index contributed by atoms with van der Waals surface area (Å²) in [6, 6.07) is -2.21. The highest BCUT2D eigenvalue weighted by molar-refractivity contribution is 5.95. The number of amides is 3. The maximum Gasteiger partial charge on any atom is 0.410 e. The van der Waals surface area contributed by atoms with E-state index >= 15 is 0 Å². The van der Waals surface area contributed by atoms with E-state index in [4.69, 9.17) is 4.52 Å². The van der Waals surface area contributed by atoms with Crippen LogP contribution in [0.15, 0.2) is 29.2 Å². The van der Waals surface area contributed by atoms with Gasteiger partial charge in [0.2, 0.25) is 11.8 Å². The number of nitrogens with zero attached hydrogens (tertiary/aromatic N) is 5. The standard InChI is InChI=1S/C26H26F7N7O3/c27-24(28)3-1-14(2-4-24)21(37-22(41)16-12-43-38-20(16)15-6-25(29,30)7-15)17-10-40-19(35-17)5-13(8-34-40)9-39-11-18(26(31,32)33)36-23(39)42/h5,8,10,12,14-15,18,21H,1-4,6-7,9,11H2,(H,36,42)(H,37,41)/t18-,21?/m0/s1. The number of urea groups is 1. The van der Waals surface area contributed by atoms with Crippen molar-refractivity contribution in [2.75, 3.05) is 6.54 Å². The number of aromatic nitrogens is 4. The Balaban J connectivity index is 1.24. The van der Waals surface area contributed by atoms with Gasteiger partial charge >= 0.3 is 12.2 Å². The second kappa shape index (κ2) is 10.4. The van der Waals surface area contributed by atoms with Gasteiger partial charge in [0.15, 0.2) is 5.65 Å². The molecular formula is C26H26F7N7O3. The van der Waals surface area contributed by atoms with Crippen LogP contribution >= 0.6 is 0 Å². The minimum absolute atomic E-state index is 0.0307. The molecule has 1 unspecified atom stereocenters. The molecule has 4 heterocycles. The van der Waals surface area contributed by atoms with Crippen molar-refractivity contribution in [1.29, 1.82) is 0 Å². The Kier molecular flexibility index (Phi) is 7.03. The van der Waals surface area contributed by atoms with Crippen LogP contribution in [0.5, 0.6) is 0 Å². The van der Waals surface area contributed by atoms with Crippen molar-refractivity contribution in [2.45, 2.75) is 81.1 Å². The first-order valence-electron chi connectivity index (χ1n) is 13.6. The Morgan fingerprint density at radius 1 is 1.16 bits per heavy atom. The van der Waals surface area contributed by atoms with E-state index in [-0.39, 0.29) is 42.0 Å². The number of imidazole rings is 1. The molecule has 6 rings (SSSR count). The molecule has 3 aromatic heterocycles. The highest BCUT2D eigenvalue weighted by Crippen LogP contribution is 2.49. The van der Waals surface area contributed by atoms with E-state index in [1.165, 1.54) is 23.0 Å². The Labute approximate surface area is 239 Å². The second-order valence-corrected chi connectivity index (χ2v) is 11.5. The summed E-state index contributed by atoms with van der Waals surface area (Å²) in [6.07, 6.45) is -2.28. The van der Waals surface area contributed by atoms with E-state index in [1.807, 2.05) is 5.32 Å². The molecule has 1 aliphatic heterocycles. The first kappa shape index (κ1) is 29.2. The molecule has 10 nitrogen and oxygen atoms in total. The van der Waals surface area contributed by atoms with E-state index in [0.29, 0.717) is 5.56 Å². The Morgan fingerprint density at radius 3 is 2.53 bits per heavy atom. The predicted molar refractivity (Wildman–Crippen MR) is 132 cm³/mol. The van der Waals surface area contributed by atoms with Gasteiger partial charge in [0.05, 0.1) is 36.4 Å². The van der Waals surface area contributed by atoms with Gasteiger partial charge in [0.25, 0.3) is 5.91 Å². The molecule has 1 saturated heterocycles. The molecule has 3 aliphatic rings. The van der Waals surface area contributed by atoms with E-state index < -0.39 is 86.1 Å². The third-order valence-corrected chi connectivity index (χ3v) is 8.31. The van der Waals surface area contributed by atoms with Gasteiger partial charge in [-0.1, -0.05) is 5.16 Å². The summed E-state index contributed by atoms with van der Waals surface area (Å²) < 4.78 is 100. The van der Waals surface area contributed by atoms with Crippen LogP contribution in [0.4, 0.5) is 35.5 Å². The van der Waals surface area contributed by atoms with Gasteiger partial charge in [0, 0.05) is 38.1 Å². The SMILES string of the molecule is O=C(NC(c1cn2ncc(CN3C[C@@H](C(F)(F)F)NC3=O)cc2n1)C1CCC(F)(F)CC1)c1conc1C1CC(F)(F)C1. The van der Waals surface area contributed by atoms with Crippen molar-refractivity contribution < 1.29 is 44.8 Å². The van der Waals surface area contributed by atoms with E-state index in [0.717, 1.165) is 11.2 Å². The van der Waals surface area contributed by atoms with Crippen LogP contribution in [0, 0.1) is 5.92 Å². The van der Waals surface area contributed by atoms with Crippen LogP contribution in [0.3, 0.4) is 0 Å². The molecule has 2 N–H and O–H groups in total. The normalized spacial score (nSPS) is 23.3. The largest absolute Gasteiger partial charge is 0.410 e. The number of hydrogen-bond donors (Lipinski definition) is 2. The number of hydrogen-bond acceptors (Lipinski definition) is 6. The van der Waals surface area contributed by atoms with E-state index in [1.54, 1.807) is 0 Å². The molecule has 0 radical (unpaired) electrons. The van der Waals surface area contributed by atoms with Gasteiger partial charge in [-0.05, 0) is 30.4 Å². The lowest BCUT2D eigenvalue weighted by Gasteiger charge is -2.34. The van der Waals surface area contributed by atoms with E-state index in [2.05, 4.69) is 20.6 Å². The van der Waals surface area contributed by atoms with Gasteiger partial charge in [0.1, 0.15) is 17.9 Å². The summed E-state index contributed by atoms with van der Waals surface area (Å²) in [5, 5.41) is 12.7. The molecule has 232 valence electrons. The lowest BCUT2D eigenvalue weighted by molar-refractivity contribution is -0.149. The molecule has 2 saturated carbocycles. The highest BCUT2D eigenvalue weighted by Gasteiger charge is 2.49. The topological polar surface area (TPSA) is 118 Å². The summed E-state index contributed by atoms with van der Waals surface area (Å²) in [7, 11) is 0. The molecule has 0 bridgehead atoms.